The lowest BCUT2D eigenvalue weighted by atomic mass is 10.1. The molecule has 0 radical (unpaired) electrons. The van der Waals surface area contributed by atoms with E-state index in [2.05, 4.69) is 16.0 Å². The fourth-order valence-corrected chi connectivity index (χ4v) is 2.51. The number of carbonyl (C=O) groups is 2. The Morgan fingerprint density at radius 2 is 1.81 bits per heavy atom. The van der Waals surface area contributed by atoms with Gasteiger partial charge in [-0.2, -0.15) is 0 Å². The van der Waals surface area contributed by atoms with Gasteiger partial charge in [-0.15, -0.1) is 0 Å². The van der Waals surface area contributed by atoms with Crippen LogP contribution in [0.4, 0.5) is 5.69 Å². The number of benzene rings is 1. The summed E-state index contributed by atoms with van der Waals surface area (Å²) in [4.78, 5) is 23.6. The van der Waals surface area contributed by atoms with Crippen LogP contribution < -0.4 is 16.0 Å². The summed E-state index contributed by atoms with van der Waals surface area (Å²) >= 11 is 0. The summed E-state index contributed by atoms with van der Waals surface area (Å²) in [6.07, 6.45) is 2.93. The molecule has 1 aromatic rings. The smallest absolute Gasteiger partial charge is 0.227 e. The molecule has 1 unspecified atom stereocenters. The molecule has 3 N–H and O–H groups in total. The molecule has 2 amide bonds. The Labute approximate surface area is 124 Å². The van der Waals surface area contributed by atoms with Crippen LogP contribution in [-0.2, 0) is 16.1 Å². The van der Waals surface area contributed by atoms with Crippen LogP contribution in [0, 0.1) is 11.8 Å². The first-order chi connectivity index (χ1) is 10.2. The molecular weight excluding hydrogens is 266 g/mol. The normalized spacial score (nSPS) is 21.0. The number of hydrogen-bond acceptors (Lipinski definition) is 3. The number of carbonyl (C=O) groups excluding carboxylic acids is 2. The van der Waals surface area contributed by atoms with Gasteiger partial charge in [0.05, 0.1) is 5.92 Å². The standard InChI is InChI=1S/C16H21N3O2/c20-15(13-7-8-17-10-13)18-9-11-1-5-14(6-2-11)19-16(21)12-3-4-12/h1-2,5-6,12-13,17H,3-4,7-10H2,(H,18,20)(H,19,21). The van der Waals surface area contributed by atoms with Crippen molar-refractivity contribution in [2.75, 3.05) is 18.4 Å². The van der Waals surface area contributed by atoms with Crippen molar-refractivity contribution >= 4 is 17.5 Å². The molecule has 1 aromatic carbocycles. The van der Waals surface area contributed by atoms with Crippen LogP contribution in [0.1, 0.15) is 24.8 Å². The van der Waals surface area contributed by atoms with E-state index in [4.69, 9.17) is 0 Å². The van der Waals surface area contributed by atoms with E-state index in [0.29, 0.717) is 6.54 Å². The summed E-state index contributed by atoms with van der Waals surface area (Å²) in [5, 5.41) is 9.06. The lowest BCUT2D eigenvalue weighted by Crippen LogP contribution is -2.31. The van der Waals surface area contributed by atoms with E-state index in [1.54, 1.807) is 0 Å². The summed E-state index contributed by atoms with van der Waals surface area (Å²) < 4.78 is 0. The number of rotatable bonds is 5. The molecule has 0 bridgehead atoms. The lowest BCUT2D eigenvalue weighted by molar-refractivity contribution is -0.124. The van der Waals surface area contributed by atoms with Gasteiger partial charge in [-0.1, -0.05) is 12.1 Å². The average Bonchev–Trinajstić information content (AvgIpc) is 3.21. The average molecular weight is 287 g/mol. The quantitative estimate of drug-likeness (QED) is 0.763. The second kappa shape index (κ2) is 6.26. The third kappa shape index (κ3) is 3.82. The van der Waals surface area contributed by atoms with E-state index in [0.717, 1.165) is 43.6 Å². The molecule has 1 aliphatic carbocycles. The minimum absolute atomic E-state index is 0.0992. The molecule has 2 fully saturated rings. The molecule has 0 spiro atoms. The van der Waals surface area contributed by atoms with Crippen molar-refractivity contribution in [1.82, 2.24) is 10.6 Å². The number of nitrogens with one attached hydrogen (secondary N) is 3. The van der Waals surface area contributed by atoms with Crippen LogP contribution in [0.15, 0.2) is 24.3 Å². The highest BCUT2D eigenvalue weighted by Crippen LogP contribution is 2.30. The fourth-order valence-electron chi connectivity index (χ4n) is 2.51. The van der Waals surface area contributed by atoms with Crippen molar-refractivity contribution in [2.24, 2.45) is 11.8 Å². The highest BCUT2D eigenvalue weighted by atomic mass is 16.2. The second-order valence-electron chi connectivity index (χ2n) is 5.87. The Kier molecular flexibility index (Phi) is 4.20. The van der Waals surface area contributed by atoms with Crippen LogP contribution in [0.25, 0.3) is 0 Å². The molecule has 5 nitrogen and oxygen atoms in total. The van der Waals surface area contributed by atoms with Gasteiger partial charge in [0.1, 0.15) is 0 Å². The molecule has 1 aliphatic heterocycles. The topological polar surface area (TPSA) is 70.2 Å². The highest BCUT2D eigenvalue weighted by molar-refractivity contribution is 5.94. The maximum absolute atomic E-state index is 11.9. The Hall–Kier alpha value is -1.88. The molecule has 1 heterocycles. The van der Waals surface area contributed by atoms with Crippen molar-refractivity contribution in [1.29, 1.82) is 0 Å². The maximum atomic E-state index is 11.9. The van der Waals surface area contributed by atoms with Crippen LogP contribution in [0.3, 0.4) is 0 Å². The van der Waals surface area contributed by atoms with Crippen LogP contribution >= 0.6 is 0 Å². The molecule has 3 rings (SSSR count). The zero-order valence-corrected chi connectivity index (χ0v) is 12.0. The molecule has 5 heteroatoms. The summed E-state index contributed by atoms with van der Waals surface area (Å²) in [5.41, 5.74) is 1.86. The van der Waals surface area contributed by atoms with Crippen molar-refractivity contribution in [2.45, 2.75) is 25.8 Å². The van der Waals surface area contributed by atoms with Gasteiger partial charge >= 0.3 is 0 Å². The zero-order chi connectivity index (χ0) is 14.7. The minimum atomic E-state index is 0.0992. The zero-order valence-electron chi connectivity index (χ0n) is 12.0. The van der Waals surface area contributed by atoms with Gasteiger partial charge in [0.2, 0.25) is 11.8 Å². The van der Waals surface area contributed by atoms with Crippen LogP contribution in [0.5, 0.6) is 0 Å². The fraction of sp³-hybridized carbons (Fsp3) is 0.500. The summed E-state index contributed by atoms with van der Waals surface area (Å²) in [6.45, 7) is 2.23. The van der Waals surface area contributed by atoms with Gasteiger partial charge in [-0.25, -0.2) is 0 Å². The molecule has 2 aliphatic rings. The Balaban J connectivity index is 1.47. The molecule has 1 saturated heterocycles. The first-order valence-corrected chi connectivity index (χ1v) is 7.60. The SMILES string of the molecule is O=C(NCc1ccc(NC(=O)C2CC2)cc1)C1CCNC1. The Morgan fingerprint density at radius 1 is 1.05 bits per heavy atom. The summed E-state index contributed by atoms with van der Waals surface area (Å²) in [5.74, 6) is 0.544. The number of anilines is 1. The Morgan fingerprint density at radius 3 is 2.43 bits per heavy atom. The third-order valence-electron chi connectivity index (χ3n) is 4.07. The molecule has 0 aromatic heterocycles. The molecule has 112 valence electrons. The van der Waals surface area contributed by atoms with Crippen molar-refractivity contribution < 1.29 is 9.59 Å². The molecule has 1 saturated carbocycles. The van der Waals surface area contributed by atoms with E-state index >= 15 is 0 Å². The summed E-state index contributed by atoms with van der Waals surface area (Å²) in [6, 6.07) is 7.66. The number of amides is 2. The van der Waals surface area contributed by atoms with Gasteiger partial charge < -0.3 is 16.0 Å². The van der Waals surface area contributed by atoms with Crippen LogP contribution in [-0.4, -0.2) is 24.9 Å². The molecule has 21 heavy (non-hydrogen) atoms. The lowest BCUT2D eigenvalue weighted by Gasteiger charge is -2.10. The van der Waals surface area contributed by atoms with E-state index in [-0.39, 0.29) is 23.7 Å². The van der Waals surface area contributed by atoms with E-state index in [9.17, 15) is 9.59 Å². The van der Waals surface area contributed by atoms with Gasteiger partial charge in [-0.05, 0) is 43.5 Å². The van der Waals surface area contributed by atoms with Crippen molar-refractivity contribution in [3.63, 3.8) is 0 Å². The number of hydrogen-bond donors (Lipinski definition) is 3. The molecule has 1 atom stereocenters. The van der Waals surface area contributed by atoms with E-state index < -0.39 is 0 Å². The van der Waals surface area contributed by atoms with E-state index in [1.807, 2.05) is 24.3 Å². The first kappa shape index (κ1) is 14.1. The highest BCUT2D eigenvalue weighted by Gasteiger charge is 2.29. The van der Waals surface area contributed by atoms with Gasteiger partial charge in [0.25, 0.3) is 0 Å². The first-order valence-electron chi connectivity index (χ1n) is 7.60. The second-order valence-corrected chi connectivity index (χ2v) is 5.87. The third-order valence-corrected chi connectivity index (χ3v) is 4.07. The summed E-state index contributed by atoms with van der Waals surface area (Å²) in [7, 11) is 0. The Bertz CT molecular complexity index is 517. The van der Waals surface area contributed by atoms with E-state index in [1.165, 1.54) is 0 Å². The largest absolute Gasteiger partial charge is 0.352 e. The van der Waals surface area contributed by atoms with Gasteiger partial charge in [-0.3, -0.25) is 9.59 Å². The molecular formula is C16H21N3O2. The maximum Gasteiger partial charge on any atom is 0.227 e. The van der Waals surface area contributed by atoms with Crippen molar-refractivity contribution in [3.05, 3.63) is 29.8 Å². The predicted octanol–water partition coefficient (Wildman–Crippen LogP) is 1.26. The van der Waals surface area contributed by atoms with Gasteiger partial charge in [0, 0.05) is 24.7 Å². The monoisotopic (exact) mass is 287 g/mol. The van der Waals surface area contributed by atoms with Crippen molar-refractivity contribution in [3.8, 4) is 0 Å². The predicted molar refractivity (Wildman–Crippen MR) is 80.6 cm³/mol. The van der Waals surface area contributed by atoms with Gasteiger partial charge in [0.15, 0.2) is 0 Å². The van der Waals surface area contributed by atoms with Crippen LogP contribution in [0.2, 0.25) is 0 Å². The minimum Gasteiger partial charge on any atom is -0.352 e.